The fraction of sp³-hybridized carbons (Fsp3) is 0.533. The number of ether oxygens (including phenoxy) is 1. The lowest BCUT2D eigenvalue weighted by molar-refractivity contribution is -0.133. The van der Waals surface area contributed by atoms with Gasteiger partial charge in [0.05, 0.1) is 13.7 Å². The van der Waals surface area contributed by atoms with E-state index in [-0.39, 0.29) is 24.3 Å². The number of carbonyl (C=O) groups excluding carboxylic acids is 1. The Kier molecular flexibility index (Phi) is 4.43. The van der Waals surface area contributed by atoms with Crippen LogP contribution in [-0.2, 0) is 4.79 Å². The number of methoxy groups -OCH3 is 1. The van der Waals surface area contributed by atoms with Crippen LogP contribution < -0.4 is 4.74 Å². The van der Waals surface area contributed by atoms with Crippen molar-refractivity contribution in [2.24, 2.45) is 5.92 Å². The van der Waals surface area contributed by atoms with Crippen LogP contribution in [0.4, 0.5) is 0 Å². The molecular weight excluding hydrogens is 242 g/mol. The monoisotopic (exact) mass is 263 g/mol. The molecule has 0 heterocycles. The van der Waals surface area contributed by atoms with Gasteiger partial charge >= 0.3 is 0 Å². The Morgan fingerprint density at radius 1 is 1.47 bits per heavy atom. The second-order valence-corrected chi connectivity index (χ2v) is 4.83. The lowest BCUT2D eigenvalue weighted by atomic mass is 10.1. The van der Waals surface area contributed by atoms with Gasteiger partial charge in [-0.1, -0.05) is 18.2 Å². The molecule has 2 unspecified atom stereocenters. The topological polar surface area (TPSA) is 49.8 Å². The highest BCUT2D eigenvalue weighted by molar-refractivity contribution is 5.83. The van der Waals surface area contributed by atoms with Crippen LogP contribution in [0.25, 0.3) is 0 Å². The summed E-state index contributed by atoms with van der Waals surface area (Å²) in [6, 6.07) is 7.87. The minimum absolute atomic E-state index is 0.0195. The van der Waals surface area contributed by atoms with Crippen LogP contribution in [0.1, 0.15) is 24.8 Å². The van der Waals surface area contributed by atoms with Crippen LogP contribution >= 0.6 is 0 Å². The summed E-state index contributed by atoms with van der Waals surface area (Å²) in [7, 11) is 1.65. The summed E-state index contributed by atoms with van der Waals surface area (Å²) in [5, 5.41) is 8.97. The smallest absolute Gasteiger partial charge is 0.226 e. The fourth-order valence-electron chi connectivity index (χ4n) is 2.56. The van der Waals surface area contributed by atoms with Gasteiger partial charge in [0.2, 0.25) is 5.91 Å². The van der Waals surface area contributed by atoms with Crippen molar-refractivity contribution in [1.29, 1.82) is 0 Å². The van der Waals surface area contributed by atoms with Crippen LogP contribution in [0.3, 0.4) is 0 Å². The number of para-hydroxylation sites is 1. The molecule has 1 saturated carbocycles. The Balaban J connectivity index is 2.05. The predicted octanol–water partition coefficient (Wildman–Crippen LogP) is 1.64. The highest BCUT2D eigenvalue weighted by Gasteiger charge is 2.46. The van der Waals surface area contributed by atoms with Crippen molar-refractivity contribution in [2.45, 2.75) is 19.3 Å². The number of aliphatic hydroxyl groups is 1. The third-order valence-electron chi connectivity index (χ3n) is 3.71. The molecule has 1 aromatic rings. The number of carbonyl (C=O) groups is 1. The molecule has 0 aromatic heterocycles. The number of nitrogens with zero attached hydrogens (tertiary/aromatic N) is 1. The van der Waals surface area contributed by atoms with E-state index in [1.165, 1.54) is 0 Å². The molecular formula is C15H21NO3. The van der Waals surface area contributed by atoms with Gasteiger partial charge < -0.3 is 14.7 Å². The van der Waals surface area contributed by atoms with Crippen molar-refractivity contribution in [3.8, 4) is 5.75 Å². The molecule has 19 heavy (non-hydrogen) atoms. The Hall–Kier alpha value is -1.55. The molecule has 0 bridgehead atoms. The molecule has 0 spiro atoms. The average Bonchev–Trinajstić information content (AvgIpc) is 3.24. The quantitative estimate of drug-likeness (QED) is 0.849. The van der Waals surface area contributed by atoms with Gasteiger partial charge in [-0.3, -0.25) is 4.79 Å². The van der Waals surface area contributed by atoms with Gasteiger partial charge in [-0.25, -0.2) is 0 Å². The lowest BCUT2D eigenvalue weighted by Crippen LogP contribution is -2.34. The third-order valence-corrected chi connectivity index (χ3v) is 3.71. The molecule has 0 aliphatic heterocycles. The SMILES string of the molecule is CCN(CCO)C(=O)C1CC1c1ccccc1OC. The van der Waals surface area contributed by atoms with Gasteiger partial charge in [-0.15, -0.1) is 0 Å². The van der Waals surface area contributed by atoms with Gasteiger partial charge in [-0.05, 0) is 30.9 Å². The van der Waals surface area contributed by atoms with Crippen LogP contribution in [0, 0.1) is 5.92 Å². The standard InChI is InChI=1S/C15H21NO3/c1-3-16(8-9-17)15(18)13-10-12(13)11-6-4-5-7-14(11)19-2/h4-7,12-13,17H,3,8-10H2,1-2H3. The molecule has 104 valence electrons. The molecule has 2 atom stereocenters. The highest BCUT2D eigenvalue weighted by atomic mass is 16.5. The van der Waals surface area contributed by atoms with Gasteiger partial charge in [-0.2, -0.15) is 0 Å². The summed E-state index contributed by atoms with van der Waals surface area (Å²) < 4.78 is 5.34. The summed E-state index contributed by atoms with van der Waals surface area (Å²) in [6.45, 7) is 3.03. The van der Waals surface area contributed by atoms with Crippen molar-refractivity contribution < 1.29 is 14.6 Å². The molecule has 1 aliphatic rings. The molecule has 0 saturated heterocycles. The van der Waals surface area contributed by atoms with E-state index in [1.807, 2.05) is 31.2 Å². The number of hydrogen-bond donors (Lipinski definition) is 1. The Morgan fingerprint density at radius 2 is 2.21 bits per heavy atom. The first kappa shape index (κ1) is 13.9. The molecule has 1 aromatic carbocycles. The van der Waals surface area contributed by atoms with E-state index in [9.17, 15) is 4.79 Å². The minimum atomic E-state index is 0.0195. The zero-order valence-corrected chi connectivity index (χ0v) is 11.5. The van der Waals surface area contributed by atoms with Crippen molar-refractivity contribution in [3.63, 3.8) is 0 Å². The van der Waals surface area contributed by atoms with Crippen molar-refractivity contribution in [2.75, 3.05) is 26.8 Å². The molecule has 1 N–H and O–H groups in total. The van der Waals surface area contributed by atoms with Crippen LogP contribution in [-0.4, -0.2) is 42.7 Å². The van der Waals surface area contributed by atoms with E-state index >= 15 is 0 Å². The van der Waals surface area contributed by atoms with E-state index in [0.29, 0.717) is 13.1 Å². The maximum absolute atomic E-state index is 12.3. The first-order valence-corrected chi connectivity index (χ1v) is 6.75. The molecule has 0 radical (unpaired) electrons. The Labute approximate surface area is 114 Å². The molecule has 4 heteroatoms. The number of benzene rings is 1. The van der Waals surface area contributed by atoms with Crippen LogP contribution in [0.5, 0.6) is 5.75 Å². The van der Waals surface area contributed by atoms with Gasteiger partial charge in [0.15, 0.2) is 0 Å². The second-order valence-electron chi connectivity index (χ2n) is 4.83. The van der Waals surface area contributed by atoms with E-state index in [4.69, 9.17) is 9.84 Å². The highest BCUT2D eigenvalue weighted by Crippen LogP contribution is 2.51. The second kappa shape index (κ2) is 6.06. The zero-order valence-electron chi connectivity index (χ0n) is 11.5. The van der Waals surface area contributed by atoms with E-state index in [1.54, 1.807) is 12.0 Å². The first-order chi connectivity index (χ1) is 9.22. The fourth-order valence-corrected chi connectivity index (χ4v) is 2.56. The van der Waals surface area contributed by atoms with Gasteiger partial charge in [0.25, 0.3) is 0 Å². The summed E-state index contributed by atoms with van der Waals surface area (Å²) >= 11 is 0. The molecule has 2 rings (SSSR count). The summed E-state index contributed by atoms with van der Waals surface area (Å²) in [6.07, 6.45) is 0.876. The Morgan fingerprint density at radius 3 is 2.84 bits per heavy atom. The molecule has 1 amide bonds. The van der Waals surface area contributed by atoms with Gasteiger partial charge in [0.1, 0.15) is 5.75 Å². The van der Waals surface area contributed by atoms with Crippen molar-refractivity contribution >= 4 is 5.91 Å². The summed E-state index contributed by atoms with van der Waals surface area (Å²) in [5.41, 5.74) is 1.11. The number of hydrogen-bond acceptors (Lipinski definition) is 3. The average molecular weight is 263 g/mol. The summed E-state index contributed by atoms with van der Waals surface area (Å²) in [4.78, 5) is 14.0. The minimum Gasteiger partial charge on any atom is -0.496 e. The molecule has 1 fully saturated rings. The van der Waals surface area contributed by atoms with E-state index in [0.717, 1.165) is 17.7 Å². The summed E-state index contributed by atoms with van der Waals surface area (Å²) in [5.74, 6) is 1.31. The van der Waals surface area contributed by atoms with Crippen molar-refractivity contribution in [3.05, 3.63) is 29.8 Å². The maximum atomic E-state index is 12.3. The van der Waals surface area contributed by atoms with Gasteiger partial charge in [0, 0.05) is 19.0 Å². The Bertz CT molecular complexity index is 447. The largest absolute Gasteiger partial charge is 0.496 e. The van der Waals surface area contributed by atoms with E-state index < -0.39 is 0 Å². The normalized spacial score (nSPS) is 21.0. The number of aliphatic hydroxyl groups excluding tert-OH is 1. The lowest BCUT2D eigenvalue weighted by Gasteiger charge is -2.19. The number of likely N-dealkylation sites (N-methyl/N-ethyl adjacent to an activating group) is 1. The maximum Gasteiger partial charge on any atom is 0.226 e. The third kappa shape index (κ3) is 2.89. The zero-order chi connectivity index (χ0) is 13.8. The van der Waals surface area contributed by atoms with E-state index in [2.05, 4.69) is 0 Å². The number of amides is 1. The molecule has 4 nitrogen and oxygen atoms in total. The first-order valence-electron chi connectivity index (χ1n) is 6.75. The van der Waals surface area contributed by atoms with Crippen LogP contribution in [0.2, 0.25) is 0 Å². The van der Waals surface area contributed by atoms with Crippen LogP contribution in [0.15, 0.2) is 24.3 Å². The molecule has 1 aliphatic carbocycles. The predicted molar refractivity (Wildman–Crippen MR) is 73.2 cm³/mol. The van der Waals surface area contributed by atoms with Crippen molar-refractivity contribution in [1.82, 2.24) is 4.90 Å². The number of rotatable bonds is 6.